The van der Waals surface area contributed by atoms with E-state index in [1.165, 1.54) is 39.2 Å². The molecular formula is C17H16N4O2S. The molecule has 1 atom stereocenters. The zero-order valence-corrected chi connectivity index (χ0v) is 13.8. The third-order valence-electron chi connectivity index (χ3n) is 4.92. The summed E-state index contributed by atoms with van der Waals surface area (Å²) in [7, 11) is 0. The Bertz CT molecular complexity index is 978. The molecule has 5 rings (SSSR count). The maximum absolute atomic E-state index is 11.9. The fraction of sp³-hybridized carbons (Fsp3) is 0.353. The third-order valence-corrected chi connectivity index (χ3v) is 5.91. The van der Waals surface area contributed by atoms with Gasteiger partial charge in [0.1, 0.15) is 5.60 Å². The molecule has 1 spiro atoms. The summed E-state index contributed by atoms with van der Waals surface area (Å²) in [5.41, 5.74) is 2.27. The van der Waals surface area contributed by atoms with E-state index in [9.17, 15) is 4.79 Å². The van der Waals surface area contributed by atoms with Gasteiger partial charge in [0.2, 0.25) is 10.1 Å². The van der Waals surface area contributed by atoms with Crippen molar-refractivity contribution in [2.75, 3.05) is 24.6 Å². The Labute approximate surface area is 142 Å². The summed E-state index contributed by atoms with van der Waals surface area (Å²) in [5.74, 6) is 0. The van der Waals surface area contributed by atoms with Crippen LogP contribution in [0.15, 0.2) is 41.3 Å². The Balaban J connectivity index is 1.54. The summed E-state index contributed by atoms with van der Waals surface area (Å²) in [6.45, 7) is 2.20. The van der Waals surface area contributed by atoms with E-state index in [4.69, 9.17) is 4.74 Å². The van der Waals surface area contributed by atoms with Gasteiger partial charge in [0.25, 0.3) is 5.56 Å². The molecule has 1 aliphatic heterocycles. The molecule has 1 saturated heterocycles. The lowest BCUT2D eigenvalue weighted by Gasteiger charge is -2.41. The van der Waals surface area contributed by atoms with E-state index in [0.29, 0.717) is 11.6 Å². The molecule has 24 heavy (non-hydrogen) atoms. The number of hydrogen-bond acceptors (Lipinski definition) is 6. The highest BCUT2D eigenvalue weighted by Crippen LogP contribution is 2.43. The predicted molar refractivity (Wildman–Crippen MR) is 91.7 cm³/mol. The van der Waals surface area contributed by atoms with Crippen molar-refractivity contribution in [2.45, 2.75) is 18.4 Å². The molecule has 0 amide bonds. The van der Waals surface area contributed by atoms with Gasteiger partial charge >= 0.3 is 0 Å². The van der Waals surface area contributed by atoms with Gasteiger partial charge in [-0.05, 0) is 24.0 Å². The van der Waals surface area contributed by atoms with Crippen LogP contribution in [0.4, 0.5) is 5.13 Å². The molecule has 1 aromatic carbocycles. The smallest absolute Gasteiger partial charge is 0.275 e. The van der Waals surface area contributed by atoms with E-state index >= 15 is 0 Å². The Morgan fingerprint density at radius 1 is 1.25 bits per heavy atom. The van der Waals surface area contributed by atoms with Gasteiger partial charge in [0.15, 0.2) is 0 Å². The lowest BCUT2D eigenvalue weighted by molar-refractivity contribution is -0.0592. The fourth-order valence-corrected chi connectivity index (χ4v) is 4.68. The van der Waals surface area contributed by atoms with Crippen LogP contribution >= 0.6 is 11.3 Å². The predicted octanol–water partition coefficient (Wildman–Crippen LogP) is 1.83. The molecule has 1 fully saturated rings. The standard InChI is InChI=1S/C17H16N4O2S/c22-14-6-8-18-15-21(14)19-16(24-15)20-9-10-23-17(11-20)7-5-12-3-1-2-4-13(12)17/h1-4,6,8H,5,7,9-11H2. The van der Waals surface area contributed by atoms with Crippen LogP contribution < -0.4 is 10.5 Å². The van der Waals surface area contributed by atoms with E-state index in [-0.39, 0.29) is 11.2 Å². The second-order valence-electron chi connectivity index (χ2n) is 6.28. The van der Waals surface area contributed by atoms with E-state index in [2.05, 4.69) is 39.2 Å². The maximum atomic E-state index is 11.9. The number of morpholine rings is 1. The molecule has 0 N–H and O–H groups in total. The van der Waals surface area contributed by atoms with Gasteiger partial charge in [-0.1, -0.05) is 35.6 Å². The van der Waals surface area contributed by atoms with Crippen molar-refractivity contribution in [1.82, 2.24) is 14.6 Å². The Hall–Kier alpha value is -2.25. The molecule has 2 aliphatic rings. The molecular weight excluding hydrogens is 324 g/mol. The first kappa shape index (κ1) is 14.1. The van der Waals surface area contributed by atoms with Gasteiger partial charge in [0, 0.05) is 18.8 Å². The van der Waals surface area contributed by atoms with Crippen LogP contribution in [-0.2, 0) is 16.8 Å². The number of anilines is 1. The van der Waals surface area contributed by atoms with Gasteiger partial charge in [-0.15, -0.1) is 5.10 Å². The topological polar surface area (TPSA) is 59.7 Å². The number of benzene rings is 1. The molecule has 0 radical (unpaired) electrons. The van der Waals surface area contributed by atoms with E-state index in [0.717, 1.165) is 31.1 Å². The molecule has 0 bridgehead atoms. The van der Waals surface area contributed by atoms with Crippen molar-refractivity contribution in [3.63, 3.8) is 0 Å². The van der Waals surface area contributed by atoms with Crippen LogP contribution in [0.2, 0.25) is 0 Å². The van der Waals surface area contributed by atoms with Gasteiger partial charge in [-0.2, -0.15) is 4.52 Å². The number of aryl methyl sites for hydroxylation is 1. The van der Waals surface area contributed by atoms with Crippen LogP contribution in [0.25, 0.3) is 4.96 Å². The zero-order chi connectivity index (χ0) is 16.1. The quantitative estimate of drug-likeness (QED) is 0.676. The maximum Gasteiger partial charge on any atom is 0.275 e. The summed E-state index contributed by atoms with van der Waals surface area (Å²) in [6.07, 6.45) is 3.57. The van der Waals surface area contributed by atoms with Crippen LogP contribution in [0.3, 0.4) is 0 Å². The minimum absolute atomic E-state index is 0.142. The molecule has 1 aliphatic carbocycles. The van der Waals surface area contributed by atoms with Gasteiger partial charge in [0.05, 0.1) is 13.2 Å². The van der Waals surface area contributed by atoms with Crippen molar-refractivity contribution in [3.8, 4) is 0 Å². The largest absolute Gasteiger partial charge is 0.367 e. The highest BCUT2D eigenvalue weighted by Gasteiger charge is 2.43. The number of fused-ring (bicyclic) bond motifs is 3. The monoisotopic (exact) mass is 340 g/mol. The highest BCUT2D eigenvalue weighted by molar-refractivity contribution is 7.20. The first-order valence-corrected chi connectivity index (χ1v) is 8.89. The summed E-state index contributed by atoms with van der Waals surface area (Å²) >= 11 is 1.45. The number of nitrogens with zero attached hydrogens (tertiary/aromatic N) is 4. The fourth-order valence-electron chi connectivity index (χ4n) is 3.78. The number of ether oxygens (including phenoxy) is 1. The minimum Gasteiger partial charge on any atom is -0.367 e. The molecule has 122 valence electrons. The average molecular weight is 340 g/mol. The second-order valence-corrected chi connectivity index (χ2v) is 7.22. The molecule has 6 nitrogen and oxygen atoms in total. The average Bonchev–Trinajstić information content (AvgIpc) is 3.19. The Morgan fingerprint density at radius 2 is 2.17 bits per heavy atom. The highest BCUT2D eigenvalue weighted by atomic mass is 32.1. The lowest BCUT2D eigenvalue weighted by Crippen LogP contribution is -2.49. The third kappa shape index (κ3) is 2.01. The molecule has 7 heteroatoms. The Kier molecular flexibility index (Phi) is 3.01. The molecule has 3 aromatic rings. The summed E-state index contributed by atoms with van der Waals surface area (Å²) < 4.78 is 7.63. The number of hydrogen-bond donors (Lipinski definition) is 0. The van der Waals surface area contributed by atoms with Crippen molar-refractivity contribution >= 4 is 21.4 Å². The summed E-state index contributed by atoms with van der Waals surface area (Å²) in [4.78, 5) is 19.0. The summed E-state index contributed by atoms with van der Waals surface area (Å²) in [5, 5.41) is 5.31. The SMILES string of the molecule is O=c1ccnc2sc(N3CCOC4(CCc5ccccc54)C3)nn12. The Morgan fingerprint density at radius 3 is 3.08 bits per heavy atom. The van der Waals surface area contributed by atoms with Gasteiger partial charge in [-0.3, -0.25) is 4.79 Å². The number of aromatic nitrogens is 3. The zero-order valence-electron chi connectivity index (χ0n) is 13.0. The normalized spacial score (nSPS) is 23.1. The molecule has 3 heterocycles. The van der Waals surface area contributed by atoms with Crippen LogP contribution in [0.5, 0.6) is 0 Å². The van der Waals surface area contributed by atoms with Gasteiger partial charge in [-0.25, -0.2) is 4.98 Å². The minimum atomic E-state index is -0.259. The second kappa shape index (κ2) is 5.12. The van der Waals surface area contributed by atoms with Gasteiger partial charge < -0.3 is 9.64 Å². The number of rotatable bonds is 1. The lowest BCUT2D eigenvalue weighted by atomic mass is 9.94. The van der Waals surface area contributed by atoms with Crippen LogP contribution in [0.1, 0.15) is 17.5 Å². The molecule has 1 unspecified atom stereocenters. The molecule has 2 aromatic heterocycles. The molecule has 0 saturated carbocycles. The van der Waals surface area contributed by atoms with E-state index in [1.54, 1.807) is 0 Å². The summed E-state index contributed by atoms with van der Waals surface area (Å²) in [6, 6.07) is 9.97. The van der Waals surface area contributed by atoms with E-state index in [1.807, 2.05) is 0 Å². The van der Waals surface area contributed by atoms with Crippen molar-refractivity contribution in [1.29, 1.82) is 0 Å². The van der Waals surface area contributed by atoms with Crippen LogP contribution in [-0.4, -0.2) is 34.3 Å². The van der Waals surface area contributed by atoms with Crippen molar-refractivity contribution in [2.24, 2.45) is 0 Å². The van der Waals surface area contributed by atoms with E-state index < -0.39 is 0 Å². The first-order valence-electron chi connectivity index (χ1n) is 8.07. The van der Waals surface area contributed by atoms with Crippen molar-refractivity contribution < 1.29 is 4.74 Å². The van der Waals surface area contributed by atoms with Crippen LogP contribution in [0, 0.1) is 0 Å². The first-order chi connectivity index (χ1) is 11.8. The van der Waals surface area contributed by atoms with Crippen molar-refractivity contribution in [3.05, 3.63) is 58.0 Å².